The monoisotopic (exact) mass is 399 g/mol. The van der Waals surface area contributed by atoms with Crippen molar-refractivity contribution in [3.8, 4) is 0 Å². The van der Waals surface area contributed by atoms with Gasteiger partial charge in [-0.25, -0.2) is 9.98 Å². The number of nitrogens with two attached hydrogens (primary N) is 1. The molecule has 1 saturated heterocycles. The summed E-state index contributed by atoms with van der Waals surface area (Å²) in [6, 6.07) is 5.97. The zero-order valence-corrected chi connectivity index (χ0v) is 14.4. The van der Waals surface area contributed by atoms with Crippen LogP contribution in [0, 0.1) is 0 Å². The summed E-state index contributed by atoms with van der Waals surface area (Å²) in [6.07, 6.45) is 9.03. The molecule has 1 aliphatic heterocycles. The number of hydrogen-bond donors (Lipinski definition) is 1. The number of hydrogen-bond acceptors (Lipinski definition) is 2. The van der Waals surface area contributed by atoms with Gasteiger partial charge in [0, 0.05) is 25.5 Å². The smallest absolute Gasteiger partial charge is 0.191 e. The summed E-state index contributed by atoms with van der Waals surface area (Å²) >= 11 is 0. The molecule has 3 rings (SSSR count). The molecular weight excluding hydrogens is 377 g/mol. The molecule has 0 spiro atoms. The fourth-order valence-corrected chi connectivity index (χ4v) is 2.63. The maximum absolute atomic E-state index is 6.10. The molecule has 0 atom stereocenters. The van der Waals surface area contributed by atoms with Crippen molar-refractivity contribution >= 4 is 35.6 Å². The molecule has 2 aromatic rings. The zero-order valence-electron chi connectivity index (χ0n) is 12.1. The summed E-state index contributed by atoms with van der Waals surface area (Å²) in [5, 5.41) is 0. The average molecular weight is 399 g/mol. The van der Waals surface area contributed by atoms with Gasteiger partial charge in [0.25, 0.3) is 0 Å². The standard InChI is InChI=1S/C15H21N5.HI/c16-15(19-8-4-1-2-5-9-19)17-11-13-12-20-10-6-3-7-14(20)18-13;/h3,6-7,10,12H,1-2,4-5,8-9,11H2,(H2,16,17);1H. The van der Waals surface area contributed by atoms with E-state index in [0.717, 1.165) is 24.4 Å². The number of halogens is 1. The Labute approximate surface area is 142 Å². The van der Waals surface area contributed by atoms with Crippen LogP contribution in [0.2, 0.25) is 0 Å². The molecular formula is C15H22IN5. The number of likely N-dealkylation sites (tertiary alicyclic amines) is 1. The van der Waals surface area contributed by atoms with Crippen LogP contribution in [-0.4, -0.2) is 33.3 Å². The van der Waals surface area contributed by atoms with Crippen LogP contribution < -0.4 is 5.73 Å². The largest absolute Gasteiger partial charge is 0.370 e. The minimum Gasteiger partial charge on any atom is -0.370 e. The van der Waals surface area contributed by atoms with Gasteiger partial charge in [0.2, 0.25) is 0 Å². The Morgan fingerprint density at radius 1 is 1.19 bits per heavy atom. The normalized spacial score (nSPS) is 16.6. The summed E-state index contributed by atoms with van der Waals surface area (Å²) in [5.41, 5.74) is 8.00. The predicted octanol–water partition coefficient (Wildman–Crippen LogP) is 2.64. The Bertz CT molecular complexity index is 566. The number of nitrogens with zero attached hydrogens (tertiary/aromatic N) is 4. The lowest BCUT2D eigenvalue weighted by Crippen LogP contribution is -2.38. The summed E-state index contributed by atoms with van der Waals surface area (Å²) in [6.45, 7) is 2.60. The summed E-state index contributed by atoms with van der Waals surface area (Å²) in [7, 11) is 0. The minimum absolute atomic E-state index is 0. The van der Waals surface area contributed by atoms with Crippen LogP contribution in [0.3, 0.4) is 0 Å². The summed E-state index contributed by atoms with van der Waals surface area (Å²) < 4.78 is 2.01. The van der Waals surface area contributed by atoms with Crippen LogP contribution in [-0.2, 0) is 6.54 Å². The van der Waals surface area contributed by atoms with E-state index in [9.17, 15) is 0 Å². The quantitative estimate of drug-likeness (QED) is 0.480. The highest BCUT2D eigenvalue weighted by atomic mass is 127. The molecule has 1 fully saturated rings. The number of aliphatic imine (C=N–C) groups is 1. The van der Waals surface area contributed by atoms with Crippen LogP contribution in [0.5, 0.6) is 0 Å². The fraction of sp³-hybridized carbons (Fsp3) is 0.467. The third-order valence-electron chi connectivity index (χ3n) is 3.75. The van der Waals surface area contributed by atoms with Crippen molar-refractivity contribution in [1.82, 2.24) is 14.3 Å². The number of imidazole rings is 1. The van der Waals surface area contributed by atoms with E-state index in [1.807, 2.05) is 35.0 Å². The van der Waals surface area contributed by atoms with Crippen LogP contribution in [0.1, 0.15) is 31.4 Å². The molecule has 21 heavy (non-hydrogen) atoms. The lowest BCUT2D eigenvalue weighted by Gasteiger charge is -2.20. The first kappa shape index (κ1) is 16.1. The SMILES string of the molecule is I.NC(=NCc1cn2ccccc2n1)N1CCCCCC1. The Morgan fingerprint density at radius 3 is 2.67 bits per heavy atom. The fourth-order valence-electron chi connectivity index (χ4n) is 2.63. The Balaban J connectivity index is 0.00000161. The Morgan fingerprint density at radius 2 is 1.95 bits per heavy atom. The van der Waals surface area contributed by atoms with Crippen LogP contribution >= 0.6 is 24.0 Å². The number of guanidine groups is 1. The van der Waals surface area contributed by atoms with Gasteiger partial charge in [-0.2, -0.15) is 0 Å². The predicted molar refractivity (Wildman–Crippen MR) is 96.0 cm³/mol. The van der Waals surface area contributed by atoms with E-state index in [4.69, 9.17) is 5.73 Å². The maximum Gasteiger partial charge on any atom is 0.191 e. The molecule has 0 amide bonds. The van der Waals surface area contributed by atoms with Crippen molar-refractivity contribution in [2.75, 3.05) is 13.1 Å². The van der Waals surface area contributed by atoms with Gasteiger partial charge >= 0.3 is 0 Å². The van der Waals surface area contributed by atoms with E-state index >= 15 is 0 Å². The molecule has 6 heteroatoms. The van der Waals surface area contributed by atoms with Crippen molar-refractivity contribution in [2.24, 2.45) is 10.7 Å². The first-order valence-corrected chi connectivity index (χ1v) is 7.30. The van der Waals surface area contributed by atoms with Crippen LogP contribution in [0.25, 0.3) is 5.65 Å². The van der Waals surface area contributed by atoms with Gasteiger partial charge in [-0.1, -0.05) is 18.9 Å². The molecule has 2 N–H and O–H groups in total. The van der Waals surface area contributed by atoms with Crippen LogP contribution in [0.15, 0.2) is 35.6 Å². The third-order valence-corrected chi connectivity index (χ3v) is 3.75. The molecule has 0 radical (unpaired) electrons. The van der Waals surface area contributed by atoms with Crippen molar-refractivity contribution < 1.29 is 0 Å². The van der Waals surface area contributed by atoms with E-state index < -0.39 is 0 Å². The lowest BCUT2D eigenvalue weighted by molar-refractivity contribution is 0.428. The molecule has 0 aliphatic carbocycles. The number of pyridine rings is 1. The first-order valence-electron chi connectivity index (χ1n) is 7.30. The topological polar surface area (TPSA) is 58.9 Å². The van der Waals surface area contributed by atoms with Gasteiger partial charge in [-0.05, 0) is 25.0 Å². The van der Waals surface area contributed by atoms with Crippen molar-refractivity contribution in [1.29, 1.82) is 0 Å². The number of aromatic nitrogens is 2. The van der Waals surface area contributed by atoms with Gasteiger partial charge in [0.1, 0.15) is 5.65 Å². The second-order valence-corrected chi connectivity index (χ2v) is 5.27. The van der Waals surface area contributed by atoms with Gasteiger partial charge in [0.05, 0.1) is 12.2 Å². The molecule has 3 heterocycles. The molecule has 0 unspecified atom stereocenters. The summed E-state index contributed by atoms with van der Waals surface area (Å²) in [4.78, 5) is 11.2. The van der Waals surface area contributed by atoms with E-state index in [-0.39, 0.29) is 24.0 Å². The molecule has 0 saturated carbocycles. The first-order chi connectivity index (χ1) is 9.83. The zero-order chi connectivity index (χ0) is 13.8. The van der Waals surface area contributed by atoms with E-state index in [0.29, 0.717) is 12.5 Å². The van der Waals surface area contributed by atoms with E-state index in [1.54, 1.807) is 0 Å². The van der Waals surface area contributed by atoms with E-state index in [2.05, 4.69) is 14.9 Å². The average Bonchev–Trinajstić information content (AvgIpc) is 2.69. The summed E-state index contributed by atoms with van der Waals surface area (Å²) in [5.74, 6) is 0.656. The van der Waals surface area contributed by atoms with Crippen molar-refractivity contribution in [3.63, 3.8) is 0 Å². The number of fused-ring (bicyclic) bond motifs is 1. The molecule has 2 aromatic heterocycles. The van der Waals surface area contributed by atoms with Gasteiger partial charge in [-0.3, -0.25) is 0 Å². The van der Waals surface area contributed by atoms with E-state index in [1.165, 1.54) is 25.7 Å². The Hall–Kier alpha value is -1.31. The molecule has 0 aromatic carbocycles. The van der Waals surface area contributed by atoms with Gasteiger partial charge < -0.3 is 15.0 Å². The van der Waals surface area contributed by atoms with Crippen molar-refractivity contribution in [2.45, 2.75) is 32.2 Å². The molecule has 5 nitrogen and oxygen atoms in total. The molecule has 114 valence electrons. The molecule has 0 bridgehead atoms. The maximum atomic E-state index is 6.10. The van der Waals surface area contributed by atoms with Crippen molar-refractivity contribution in [3.05, 3.63) is 36.3 Å². The second-order valence-electron chi connectivity index (χ2n) is 5.27. The Kier molecular flexibility index (Phi) is 5.84. The minimum atomic E-state index is 0. The highest BCUT2D eigenvalue weighted by Gasteiger charge is 2.10. The highest BCUT2D eigenvalue weighted by Crippen LogP contribution is 2.10. The number of rotatable bonds is 2. The highest BCUT2D eigenvalue weighted by molar-refractivity contribution is 14.0. The lowest BCUT2D eigenvalue weighted by atomic mass is 10.2. The molecule has 1 aliphatic rings. The van der Waals surface area contributed by atoms with Gasteiger partial charge in [-0.15, -0.1) is 24.0 Å². The second kappa shape index (κ2) is 7.63. The third kappa shape index (κ3) is 4.09. The van der Waals surface area contributed by atoms with Crippen LogP contribution in [0.4, 0.5) is 0 Å². The van der Waals surface area contributed by atoms with Gasteiger partial charge in [0.15, 0.2) is 5.96 Å².